The van der Waals surface area contributed by atoms with Crippen LogP contribution in [0, 0.1) is 0 Å². The Balaban J connectivity index is 1.49. The minimum absolute atomic E-state index is 1.24. The lowest BCUT2D eigenvalue weighted by Gasteiger charge is -2.09. The van der Waals surface area contributed by atoms with Crippen molar-refractivity contribution >= 4 is 33.4 Å². The quantitative estimate of drug-likeness (QED) is 0.212. The normalized spacial score (nSPS) is 11.2. The van der Waals surface area contributed by atoms with E-state index in [1.165, 1.54) is 63.7 Å². The molecule has 7 aromatic rings. The van der Waals surface area contributed by atoms with Crippen LogP contribution in [0.5, 0.6) is 0 Å². The molecule has 0 radical (unpaired) electrons. The van der Waals surface area contributed by atoms with Crippen molar-refractivity contribution in [3.05, 3.63) is 146 Å². The van der Waals surface area contributed by atoms with Crippen LogP contribution in [-0.4, -0.2) is 0 Å². The molecule has 0 aliphatic heterocycles. The van der Waals surface area contributed by atoms with Crippen LogP contribution in [0.1, 0.15) is 0 Å². The van der Waals surface area contributed by atoms with E-state index in [1.54, 1.807) is 0 Å². The van der Waals surface area contributed by atoms with Gasteiger partial charge in [0.05, 0.1) is 9.75 Å². The van der Waals surface area contributed by atoms with E-state index in [1.807, 2.05) is 22.7 Å². The molecule has 0 nitrogen and oxygen atoms in total. The molecule has 5 aromatic carbocycles. The molecule has 7 rings (SSSR count). The molecule has 0 saturated heterocycles. The van der Waals surface area contributed by atoms with E-state index in [-0.39, 0.29) is 0 Å². The second-order valence-corrected chi connectivity index (χ2v) is 11.4. The van der Waals surface area contributed by atoms with Gasteiger partial charge in [0, 0.05) is 31.7 Å². The molecule has 2 heterocycles. The highest BCUT2D eigenvalue weighted by Crippen LogP contribution is 2.52. The molecule has 0 atom stereocenters. The van der Waals surface area contributed by atoms with Gasteiger partial charge in [-0.05, 0) is 28.3 Å². The van der Waals surface area contributed by atoms with Gasteiger partial charge in [0.2, 0.25) is 0 Å². The maximum absolute atomic E-state index is 2.37. The highest BCUT2D eigenvalue weighted by molar-refractivity contribution is 7.27. The van der Waals surface area contributed by atoms with Crippen molar-refractivity contribution in [3.63, 3.8) is 0 Å². The average molecular weight is 521 g/mol. The van der Waals surface area contributed by atoms with Gasteiger partial charge in [-0.3, -0.25) is 0 Å². The minimum Gasteiger partial charge on any atom is -0.134 e. The van der Waals surface area contributed by atoms with Gasteiger partial charge in [-0.1, -0.05) is 140 Å². The molecule has 0 fully saturated rings. The standard InChI is InChI=1S/C36H24S2/c1-4-14-25(15-5-1)28-20-10-11-21-29(28)34-30-22-12-13-23-31(30)35(38-34)36-32(26-16-6-2-7-17-26)24-33(37-36)27-18-8-3-9-19-27/h1-24H. The van der Waals surface area contributed by atoms with Crippen LogP contribution in [0.3, 0.4) is 0 Å². The summed E-state index contributed by atoms with van der Waals surface area (Å²) in [5.41, 5.74) is 7.61. The first-order chi connectivity index (χ1) is 18.9. The molecular formula is C36H24S2. The predicted octanol–water partition coefficient (Wildman–Crippen LogP) is 11.3. The average Bonchev–Trinajstić information content (AvgIpc) is 3.61. The summed E-state index contributed by atoms with van der Waals surface area (Å²) < 4.78 is 0. The van der Waals surface area contributed by atoms with E-state index >= 15 is 0 Å². The van der Waals surface area contributed by atoms with Crippen molar-refractivity contribution in [2.45, 2.75) is 0 Å². The summed E-state index contributed by atoms with van der Waals surface area (Å²) in [4.78, 5) is 5.29. The highest BCUT2D eigenvalue weighted by atomic mass is 32.1. The number of hydrogen-bond donors (Lipinski definition) is 0. The molecule has 2 aromatic heterocycles. The van der Waals surface area contributed by atoms with Crippen molar-refractivity contribution < 1.29 is 0 Å². The van der Waals surface area contributed by atoms with Gasteiger partial charge in [-0.15, -0.1) is 22.7 Å². The molecular weight excluding hydrogens is 497 g/mol. The second kappa shape index (κ2) is 9.90. The highest BCUT2D eigenvalue weighted by Gasteiger charge is 2.21. The summed E-state index contributed by atoms with van der Waals surface area (Å²) in [7, 11) is 0. The zero-order valence-electron chi connectivity index (χ0n) is 20.7. The molecule has 38 heavy (non-hydrogen) atoms. The fourth-order valence-electron chi connectivity index (χ4n) is 5.15. The summed E-state index contributed by atoms with van der Waals surface area (Å²) >= 11 is 3.81. The van der Waals surface area contributed by atoms with Gasteiger partial charge in [0.25, 0.3) is 0 Å². The fraction of sp³-hybridized carbons (Fsp3) is 0. The molecule has 0 N–H and O–H groups in total. The van der Waals surface area contributed by atoms with E-state index in [2.05, 4.69) is 146 Å². The first kappa shape index (κ1) is 22.9. The third-order valence-corrected chi connectivity index (χ3v) is 9.56. The van der Waals surface area contributed by atoms with Gasteiger partial charge in [0.15, 0.2) is 0 Å². The number of benzene rings is 5. The van der Waals surface area contributed by atoms with Crippen molar-refractivity contribution in [1.82, 2.24) is 0 Å². The summed E-state index contributed by atoms with van der Waals surface area (Å²) in [5.74, 6) is 0. The molecule has 0 spiro atoms. The lowest BCUT2D eigenvalue weighted by atomic mass is 9.96. The zero-order chi connectivity index (χ0) is 25.3. The maximum atomic E-state index is 2.37. The number of hydrogen-bond acceptors (Lipinski definition) is 2. The van der Waals surface area contributed by atoms with Crippen molar-refractivity contribution in [2.75, 3.05) is 0 Å². The molecule has 0 saturated carbocycles. The zero-order valence-corrected chi connectivity index (χ0v) is 22.3. The summed E-state index contributed by atoms with van der Waals surface area (Å²) in [6.07, 6.45) is 0. The molecule has 180 valence electrons. The Labute approximate surface area is 231 Å². The van der Waals surface area contributed by atoms with Crippen LogP contribution in [0.4, 0.5) is 0 Å². The van der Waals surface area contributed by atoms with Crippen LogP contribution in [0.25, 0.3) is 63.7 Å². The Morgan fingerprint density at radius 1 is 0.316 bits per heavy atom. The van der Waals surface area contributed by atoms with Crippen LogP contribution in [0.2, 0.25) is 0 Å². The van der Waals surface area contributed by atoms with Crippen LogP contribution in [0.15, 0.2) is 146 Å². The van der Waals surface area contributed by atoms with Crippen LogP contribution in [-0.2, 0) is 0 Å². The molecule has 0 amide bonds. The SMILES string of the molecule is c1ccc(-c2cc(-c3ccccc3)c(-c3sc(-c4ccccc4-c4ccccc4)c4ccccc34)s2)cc1. The van der Waals surface area contributed by atoms with Crippen molar-refractivity contribution in [3.8, 4) is 52.9 Å². The topological polar surface area (TPSA) is 0 Å². The Morgan fingerprint density at radius 3 is 1.42 bits per heavy atom. The minimum atomic E-state index is 1.24. The smallest absolute Gasteiger partial charge is 0.0534 e. The maximum Gasteiger partial charge on any atom is 0.0534 e. The lowest BCUT2D eigenvalue weighted by molar-refractivity contribution is 1.62. The van der Waals surface area contributed by atoms with Gasteiger partial charge in [-0.2, -0.15) is 0 Å². The van der Waals surface area contributed by atoms with Crippen LogP contribution >= 0.6 is 22.7 Å². The van der Waals surface area contributed by atoms with Crippen LogP contribution < -0.4 is 0 Å². The Kier molecular flexibility index (Phi) is 5.97. The monoisotopic (exact) mass is 520 g/mol. The Hall–Kier alpha value is -4.24. The molecule has 0 aliphatic carbocycles. The van der Waals surface area contributed by atoms with E-state index in [0.29, 0.717) is 0 Å². The lowest BCUT2D eigenvalue weighted by Crippen LogP contribution is -1.82. The van der Waals surface area contributed by atoms with Gasteiger partial charge >= 0.3 is 0 Å². The summed E-state index contributed by atoms with van der Waals surface area (Å²) in [5, 5.41) is 2.62. The number of fused-ring (bicyclic) bond motifs is 1. The third kappa shape index (κ3) is 4.09. The molecule has 0 aliphatic rings. The Morgan fingerprint density at radius 2 is 0.789 bits per heavy atom. The van der Waals surface area contributed by atoms with E-state index in [9.17, 15) is 0 Å². The summed E-state index contributed by atoms with van der Waals surface area (Å²) in [6.45, 7) is 0. The first-order valence-electron chi connectivity index (χ1n) is 12.8. The van der Waals surface area contributed by atoms with E-state index < -0.39 is 0 Å². The number of rotatable bonds is 5. The second-order valence-electron chi connectivity index (χ2n) is 9.30. The van der Waals surface area contributed by atoms with Gasteiger partial charge in [-0.25, -0.2) is 0 Å². The molecule has 0 unspecified atom stereocenters. The van der Waals surface area contributed by atoms with Crippen molar-refractivity contribution in [2.24, 2.45) is 0 Å². The van der Waals surface area contributed by atoms with Crippen molar-refractivity contribution in [1.29, 1.82) is 0 Å². The Bertz CT molecular complexity index is 1840. The first-order valence-corrected chi connectivity index (χ1v) is 14.4. The fourth-order valence-corrected chi connectivity index (χ4v) is 7.81. The van der Waals surface area contributed by atoms with E-state index in [4.69, 9.17) is 0 Å². The summed E-state index contributed by atoms with van der Waals surface area (Å²) in [6, 6.07) is 52.3. The van der Waals surface area contributed by atoms with Gasteiger partial charge in [0.1, 0.15) is 0 Å². The predicted molar refractivity (Wildman–Crippen MR) is 167 cm³/mol. The molecule has 2 heteroatoms. The van der Waals surface area contributed by atoms with E-state index in [0.717, 1.165) is 0 Å². The molecule has 0 bridgehead atoms. The third-order valence-electron chi connectivity index (χ3n) is 6.96. The largest absolute Gasteiger partial charge is 0.134 e. The number of thiophene rings is 2. The van der Waals surface area contributed by atoms with Gasteiger partial charge < -0.3 is 0 Å².